The Morgan fingerprint density at radius 3 is 2.64 bits per heavy atom. The van der Waals surface area contributed by atoms with Gasteiger partial charge in [0, 0.05) is 6.07 Å². The Balaban J connectivity index is 2.70. The first kappa shape index (κ1) is 15.8. The zero-order valence-corrected chi connectivity index (χ0v) is 12.4. The minimum atomic E-state index is -1.18. The number of hydrogen-bond donors (Lipinski definition) is 1. The smallest absolute Gasteiger partial charge is 0.419 e. The van der Waals surface area contributed by atoms with Crippen LogP contribution in [0.1, 0.15) is 32.3 Å². The molecule has 0 aliphatic heterocycles. The van der Waals surface area contributed by atoms with Crippen molar-refractivity contribution >= 4 is 16.7 Å². The van der Waals surface area contributed by atoms with Crippen molar-refractivity contribution in [1.82, 2.24) is 0 Å². The Morgan fingerprint density at radius 2 is 2.05 bits per heavy atom. The first-order valence-corrected chi connectivity index (χ1v) is 7.09. The minimum absolute atomic E-state index is 0.0686. The van der Waals surface area contributed by atoms with Crippen molar-refractivity contribution in [3.8, 4) is 11.5 Å². The highest BCUT2D eigenvalue weighted by Crippen LogP contribution is 2.35. The van der Waals surface area contributed by atoms with Crippen LogP contribution in [-0.2, 0) is 6.42 Å². The molecule has 0 saturated heterocycles. The monoisotopic (exact) mass is 307 g/mol. The van der Waals surface area contributed by atoms with E-state index >= 15 is 0 Å². The summed E-state index contributed by atoms with van der Waals surface area (Å²) in [6, 6.07) is 3.08. The van der Waals surface area contributed by atoms with Gasteiger partial charge in [0.15, 0.2) is 0 Å². The maximum atomic E-state index is 11.6. The number of nitrogens with zero attached hydrogens (tertiary/aromatic N) is 1. The van der Waals surface area contributed by atoms with Crippen molar-refractivity contribution in [1.29, 1.82) is 0 Å². The molecular formula is C15H17NO6. The highest BCUT2D eigenvalue weighted by Gasteiger charge is 2.25. The summed E-state index contributed by atoms with van der Waals surface area (Å²) in [4.78, 5) is 21.5. The van der Waals surface area contributed by atoms with Crippen molar-refractivity contribution in [2.24, 2.45) is 0 Å². The van der Waals surface area contributed by atoms with E-state index in [9.17, 15) is 20.0 Å². The van der Waals surface area contributed by atoms with Crippen molar-refractivity contribution < 1.29 is 19.2 Å². The number of aryl methyl sites for hydroxylation is 1. The van der Waals surface area contributed by atoms with Crippen LogP contribution < -0.4 is 10.4 Å². The van der Waals surface area contributed by atoms with Crippen LogP contribution in [0.2, 0.25) is 0 Å². The van der Waals surface area contributed by atoms with Crippen LogP contribution in [0.4, 0.5) is 5.69 Å². The lowest BCUT2D eigenvalue weighted by molar-refractivity contribution is -0.388. The molecule has 0 amide bonds. The van der Waals surface area contributed by atoms with Gasteiger partial charge in [0.1, 0.15) is 11.3 Å². The summed E-state index contributed by atoms with van der Waals surface area (Å²) < 4.78 is 10.6. The first-order chi connectivity index (χ1) is 10.5. The molecule has 22 heavy (non-hydrogen) atoms. The van der Waals surface area contributed by atoms with E-state index in [1.165, 1.54) is 6.07 Å². The summed E-state index contributed by atoms with van der Waals surface area (Å²) in [5.74, 6) is -0.108. The van der Waals surface area contributed by atoms with Crippen LogP contribution in [-0.4, -0.2) is 16.6 Å². The molecule has 118 valence electrons. The molecule has 0 atom stereocenters. The highest BCUT2D eigenvalue weighted by molar-refractivity contribution is 5.88. The Labute approximate surface area is 126 Å². The van der Waals surface area contributed by atoms with Crippen LogP contribution >= 0.6 is 0 Å². The van der Waals surface area contributed by atoms with Gasteiger partial charge in [0.05, 0.1) is 16.9 Å². The van der Waals surface area contributed by atoms with E-state index in [-0.39, 0.29) is 11.0 Å². The van der Waals surface area contributed by atoms with E-state index in [0.29, 0.717) is 18.8 Å². The van der Waals surface area contributed by atoms with E-state index in [2.05, 4.69) is 0 Å². The third-order valence-corrected chi connectivity index (χ3v) is 3.20. The van der Waals surface area contributed by atoms with Crippen LogP contribution in [0.15, 0.2) is 21.3 Å². The maximum absolute atomic E-state index is 11.6. The van der Waals surface area contributed by atoms with Gasteiger partial charge in [-0.1, -0.05) is 20.3 Å². The Hall–Kier alpha value is -2.57. The summed E-state index contributed by atoms with van der Waals surface area (Å²) in [6.45, 7) is 4.46. The number of ether oxygens (including phenoxy) is 1. The molecule has 7 heteroatoms. The Morgan fingerprint density at radius 1 is 1.32 bits per heavy atom. The zero-order chi connectivity index (χ0) is 16.3. The topological polar surface area (TPSA) is 103 Å². The van der Waals surface area contributed by atoms with Gasteiger partial charge in [-0.2, -0.15) is 0 Å². The van der Waals surface area contributed by atoms with Gasteiger partial charge in [-0.3, -0.25) is 10.1 Å². The fraction of sp³-hybridized carbons (Fsp3) is 0.400. The van der Waals surface area contributed by atoms with Gasteiger partial charge < -0.3 is 14.3 Å². The molecule has 0 unspecified atom stereocenters. The second-order valence-corrected chi connectivity index (χ2v) is 4.90. The lowest BCUT2D eigenvalue weighted by Crippen LogP contribution is -2.07. The van der Waals surface area contributed by atoms with Crippen LogP contribution in [0.3, 0.4) is 0 Å². The second kappa shape index (κ2) is 6.46. The number of benzene rings is 1. The SMILES string of the molecule is CCCOc1cc2oc(=O)c([N+](=O)[O-])c(O)c2cc1CCC. The standard InChI is InChI=1S/C15H17NO6/c1-3-5-9-7-10-12(8-11(9)21-6-4-2)22-15(18)13(14(10)17)16(19)20/h7-8,17H,3-6H2,1-2H3. The summed E-state index contributed by atoms with van der Waals surface area (Å²) >= 11 is 0. The van der Waals surface area contributed by atoms with Gasteiger partial charge in [0.2, 0.25) is 5.75 Å². The molecule has 0 aliphatic carbocycles. The molecular weight excluding hydrogens is 290 g/mol. The fourth-order valence-corrected chi connectivity index (χ4v) is 2.22. The van der Waals surface area contributed by atoms with Crippen LogP contribution in [0.5, 0.6) is 11.5 Å². The molecule has 1 heterocycles. The molecule has 0 saturated carbocycles. The summed E-state index contributed by atoms with van der Waals surface area (Å²) in [5.41, 5.74) is -1.25. The fourth-order valence-electron chi connectivity index (χ4n) is 2.22. The average Bonchev–Trinajstić information content (AvgIpc) is 2.45. The van der Waals surface area contributed by atoms with Gasteiger partial charge in [-0.25, -0.2) is 4.79 Å². The summed E-state index contributed by atoms with van der Waals surface area (Å²) in [5, 5.41) is 21.0. The average molecular weight is 307 g/mol. The number of rotatable bonds is 6. The van der Waals surface area contributed by atoms with Crippen molar-refractivity contribution in [2.45, 2.75) is 33.1 Å². The molecule has 0 fully saturated rings. The molecule has 1 N–H and O–H groups in total. The predicted molar refractivity (Wildman–Crippen MR) is 80.6 cm³/mol. The number of fused-ring (bicyclic) bond motifs is 1. The molecule has 1 aromatic carbocycles. The quantitative estimate of drug-likeness (QED) is 0.499. The van der Waals surface area contributed by atoms with E-state index in [0.717, 1.165) is 18.4 Å². The largest absolute Gasteiger partial charge is 0.501 e. The van der Waals surface area contributed by atoms with Crippen LogP contribution in [0.25, 0.3) is 11.0 Å². The van der Waals surface area contributed by atoms with Crippen molar-refractivity contribution in [3.63, 3.8) is 0 Å². The van der Waals surface area contributed by atoms with Crippen molar-refractivity contribution in [3.05, 3.63) is 38.2 Å². The molecule has 7 nitrogen and oxygen atoms in total. The molecule has 0 spiro atoms. The number of hydrogen-bond acceptors (Lipinski definition) is 6. The highest BCUT2D eigenvalue weighted by atomic mass is 16.6. The molecule has 2 aromatic rings. The van der Waals surface area contributed by atoms with E-state index < -0.39 is 22.0 Å². The van der Waals surface area contributed by atoms with E-state index in [1.807, 2.05) is 13.8 Å². The minimum Gasteiger partial charge on any atom is -0.501 e. The molecule has 0 aliphatic rings. The van der Waals surface area contributed by atoms with Crippen LogP contribution in [0, 0.1) is 10.1 Å². The lowest BCUT2D eigenvalue weighted by atomic mass is 10.1. The molecule has 2 rings (SSSR count). The normalized spacial score (nSPS) is 10.8. The third-order valence-electron chi connectivity index (χ3n) is 3.20. The summed E-state index contributed by atoms with van der Waals surface area (Å²) in [7, 11) is 0. The van der Waals surface area contributed by atoms with Gasteiger partial charge in [-0.15, -0.1) is 0 Å². The number of aromatic hydroxyl groups is 1. The van der Waals surface area contributed by atoms with Gasteiger partial charge in [0.25, 0.3) is 0 Å². The molecule has 1 aromatic heterocycles. The van der Waals surface area contributed by atoms with E-state index in [1.54, 1.807) is 6.07 Å². The number of nitro groups is 1. The summed E-state index contributed by atoms with van der Waals surface area (Å²) in [6.07, 6.45) is 2.34. The van der Waals surface area contributed by atoms with Gasteiger partial charge >= 0.3 is 11.3 Å². The lowest BCUT2D eigenvalue weighted by Gasteiger charge is -2.12. The predicted octanol–water partition coefficient (Wildman–Crippen LogP) is 3.15. The molecule has 0 radical (unpaired) electrons. The molecule has 0 bridgehead atoms. The second-order valence-electron chi connectivity index (χ2n) is 4.90. The first-order valence-electron chi connectivity index (χ1n) is 7.09. The zero-order valence-electron chi connectivity index (χ0n) is 12.4. The van der Waals surface area contributed by atoms with Gasteiger partial charge in [-0.05, 0) is 24.5 Å². The maximum Gasteiger partial charge on any atom is 0.419 e. The van der Waals surface area contributed by atoms with Crippen molar-refractivity contribution in [2.75, 3.05) is 6.61 Å². The van der Waals surface area contributed by atoms with E-state index in [4.69, 9.17) is 9.15 Å². The third kappa shape index (κ3) is 2.88. The Bertz CT molecular complexity index is 765. The Kier molecular flexibility index (Phi) is 4.65.